The van der Waals surface area contributed by atoms with Crippen molar-refractivity contribution in [2.24, 2.45) is 11.3 Å². The van der Waals surface area contributed by atoms with Crippen LogP contribution in [0.4, 0.5) is 0 Å². The third-order valence-electron chi connectivity index (χ3n) is 6.48. The number of nitrogens with one attached hydrogen (secondary N) is 2. The predicted molar refractivity (Wildman–Crippen MR) is 144 cm³/mol. The molecule has 7 nitrogen and oxygen atoms in total. The van der Waals surface area contributed by atoms with Gasteiger partial charge in [-0.3, -0.25) is 9.59 Å². The standard InChI is InChI=1S/C27H42BrN3O4/c1-16(2)20(14-17(3)25(34)35)31(10)24(33)22(26(4,5)6)30-23(32)21(29-9)27(7,8)18-12-11-13-19(28)15-18/h11-16,20-22,29H,1-10H3,(H,30,32)(H,34,35)/b17-14+/t20-,21-,22-/m1/s1. The lowest BCUT2D eigenvalue weighted by Gasteiger charge is -2.40. The summed E-state index contributed by atoms with van der Waals surface area (Å²) in [7, 11) is 3.39. The molecule has 0 fully saturated rings. The minimum absolute atomic E-state index is 0.0184. The van der Waals surface area contributed by atoms with Gasteiger partial charge in [0.25, 0.3) is 0 Å². The van der Waals surface area contributed by atoms with E-state index < -0.39 is 34.9 Å². The first-order valence-corrected chi connectivity index (χ1v) is 12.7. The molecule has 0 radical (unpaired) electrons. The lowest BCUT2D eigenvalue weighted by molar-refractivity contribution is -0.141. The molecule has 0 saturated carbocycles. The first kappa shape index (κ1) is 30.8. The number of carbonyl (C=O) groups is 3. The number of likely N-dealkylation sites (N-methyl/N-ethyl adjacent to an activating group) is 2. The highest BCUT2D eigenvalue weighted by atomic mass is 79.9. The van der Waals surface area contributed by atoms with Crippen molar-refractivity contribution in [2.45, 2.75) is 78.9 Å². The lowest BCUT2D eigenvalue weighted by atomic mass is 9.76. The van der Waals surface area contributed by atoms with Crippen molar-refractivity contribution in [3.63, 3.8) is 0 Å². The highest BCUT2D eigenvalue weighted by Gasteiger charge is 2.41. The molecule has 0 heterocycles. The van der Waals surface area contributed by atoms with E-state index in [2.05, 4.69) is 26.6 Å². The van der Waals surface area contributed by atoms with Crippen LogP contribution in [-0.2, 0) is 19.8 Å². The number of benzene rings is 1. The number of hydrogen-bond acceptors (Lipinski definition) is 4. The molecule has 3 atom stereocenters. The fraction of sp³-hybridized carbons (Fsp3) is 0.593. The molecule has 2 amide bonds. The number of carboxylic acids is 1. The second kappa shape index (κ2) is 12.2. The summed E-state index contributed by atoms with van der Waals surface area (Å²) in [6, 6.07) is 5.99. The van der Waals surface area contributed by atoms with Crippen LogP contribution in [0.25, 0.3) is 0 Å². The van der Waals surface area contributed by atoms with Crippen LogP contribution >= 0.6 is 15.9 Å². The van der Waals surface area contributed by atoms with E-state index in [9.17, 15) is 19.5 Å². The maximum absolute atomic E-state index is 13.7. The predicted octanol–water partition coefficient (Wildman–Crippen LogP) is 4.36. The number of carbonyl (C=O) groups excluding carboxylic acids is 2. The monoisotopic (exact) mass is 551 g/mol. The number of aliphatic carboxylic acids is 1. The van der Waals surface area contributed by atoms with E-state index in [4.69, 9.17) is 0 Å². The Morgan fingerprint density at radius 3 is 2.09 bits per heavy atom. The largest absolute Gasteiger partial charge is 0.478 e. The van der Waals surface area contributed by atoms with Gasteiger partial charge < -0.3 is 20.6 Å². The molecule has 0 aliphatic rings. The molecule has 196 valence electrons. The fourth-order valence-corrected chi connectivity index (χ4v) is 4.58. The fourth-order valence-electron chi connectivity index (χ4n) is 4.18. The van der Waals surface area contributed by atoms with Gasteiger partial charge in [0.2, 0.25) is 11.8 Å². The van der Waals surface area contributed by atoms with Crippen molar-refractivity contribution in [1.29, 1.82) is 0 Å². The SMILES string of the molecule is CN[C@H](C(=O)N[C@H](C(=O)N(C)[C@H](/C=C(\C)C(=O)O)C(C)C)C(C)(C)C)C(C)(C)c1cccc(Br)c1. The van der Waals surface area contributed by atoms with E-state index in [1.54, 1.807) is 25.1 Å². The Morgan fingerprint density at radius 2 is 1.66 bits per heavy atom. The van der Waals surface area contributed by atoms with Gasteiger partial charge in [-0.15, -0.1) is 0 Å². The Bertz CT molecular complexity index is 950. The molecule has 35 heavy (non-hydrogen) atoms. The molecule has 8 heteroatoms. The number of nitrogens with zero attached hydrogens (tertiary/aromatic N) is 1. The van der Waals surface area contributed by atoms with E-state index in [0.717, 1.165) is 10.0 Å². The van der Waals surface area contributed by atoms with Gasteiger partial charge in [0.1, 0.15) is 6.04 Å². The van der Waals surface area contributed by atoms with Crippen LogP contribution in [0.1, 0.15) is 61.0 Å². The van der Waals surface area contributed by atoms with Crippen LogP contribution in [0, 0.1) is 11.3 Å². The molecule has 1 rings (SSSR count). The smallest absolute Gasteiger partial charge is 0.331 e. The molecule has 0 unspecified atom stereocenters. The number of rotatable bonds is 10. The number of hydrogen-bond donors (Lipinski definition) is 3. The molecule has 0 saturated heterocycles. The van der Waals surface area contributed by atoms with Crippen LogP contribution < -0.4 is 10.6 Å². The summed E-state index contributed by atoms with van der Waals surface area (Å²) in [5, 5.41) is 15.5. The molecule has 0 spiro atoms. The Hall–Kier alpha value is -2.19. The minimum atomic E-state index is -1.02. The van der Waals surface area contributed by atoms with Gasteiger partial charge in [0.05, 0.1) is 12.1 Å². The molecular formula is C27H42BrN3O4. The molecule has 1 aromatic carbocycles. The normalized spacial score (nSPS) is 15.4. The highest BCUT2D eigenvalue weighted by Crippen LogP contribution is 2.30. The van der Waals surface area contributed by atoms with Gasteiger partial charge >= 0.3 is 5.97 Å². The van der Waals surface area contributed by atoms with Crippen LogP contribution in [0.2, 0.25) is 0 Å². The first-order chi connectivity index (χ1) is 15.9. The number of amides is 2. The third-order valence-corrected chi connectivity index (χ3v) is 6.97. The first-order valence-electron chi connectivity index (χ1n) is 11.9. The van der Waals surface area contributed by atoms with Crippen LogP contribution in [-0.4, -0.2) is 60.0 Å². The molecule has 0 aliphatic heterocycles. The summed E-state index contributed by atoms with van der Waals surface area (Å²) < 4.78 is 0.923. The van der Waals surface area contributed by atoms with Crippen molar-refractivity contribution in [3.8, 4) is 0 Å². The average molecular weight is 553 g/mol. The van der Waals surface area contributed by atoms with Crippen LogP contribution in [0.3, 0.4) is 0 Å². The quantitative estimate of drug-likeness (QED) is 0.375. The molecule has 1 aromatic rings. The number of carboxylic acid groups (broad SMARTS) is 1. The van der Waals surface area contributed by atoms with Gasteiger partial charge in [-0.2, -0.15) is 0 Å². The van der Waals surface area contributed by atoms with Crippen LogP contribution in [0.5, 0.6) is 0 Å². The summed E-state index contributed by atoms with van der Waals surface area (Å²) in [6.45, 7) is 15.1. The molecule has 0 bridgehead atoms. The van der Waals surface area contributed by atoms with Crippen molar-refractivity contribution < 1.29 is 19.5 Å². The second-order valence-corrected chi connectivity index (χ2v) is 12.0. The second-order valence-electron chi connectivity index (χ2n) is 11.1. The molecule has 3 N–H and O–H groups in total. The van der Waals surface area contributed by atoms with Gasteiger partial charge in [-0.05, 0) is 43.0 Å². The minimum Gasteiger partial charge on any atom is -0.478 e. The topological polar surface area (TPSA) is 98.7 Å². The number of halogens is 1. The molecular weight excluding hydrogens is 510 g/mol. The Morgan fingerprint density at radius 1 is 1.09 bits per heavy atom. The van der Waals surface area contributed by atoms with E-state index in [-0.39, 0.29) is 23.3 Å². The zero-order valence-corrected chi connectivity index (χ0v) is 24.3. The Balaban J connectivity index is 3.32. The Labute approximate surface area is 218 Å². The van der Waals surface area contributed by atoms with E-state index in [1.807, 2.05) is 72.7 Å². The van der Waals surface area contributed by atoms with Gasteiger partial charge in [0, 0.05) is 22.5 Å². The average Bonchev–Trinajstić information content (AvgIpc) is 2.73. The van der Waals surface area contributed by atoms with E-state index in [0.29, 0.717) is 0 Å². The van der Waals surface area contributed by atoms with Gasteiger partial charge in [-0.25, -0.2) is 4.79 Å². The molecule has 0 aromatic heterocycles. The van der Waals surface area contributed by atoms with Crippen molar-refractivity contribution in [2.75, 3.05) is 14.1 Å². The van der Waals surface area contributed by atoms with Crippen molar-refractivity contribution >= 4 is 33.7 Å². The summed E-state index contributed by atoms with van der Waals surface area (Å²) in [5.74, 6) is -1.59. The lowest BCUT2D eigenvalue weighted by Crippen LogP contribution is -2.61. The van der Waals surface area contributed by atoms with Crippen molar-refractivity contribution in [1.82, 2.24) is 15.5 Å². The highest BCUT2D eigenvalue weighted by molar-refractivity contribution is 9.10. The van der Waals surface area contributed by atoms with Crippen LogP contribution in [0.15, 0.2) is 40.4 Å². The summed E-state index contributed by atoms with van der Waals surface area (Å²) in [4.78, 5) is 40.2. The van der Waals surface area contributed by atoms with Gasteiger partial charge in [-0.1, -0.05) is 82.6 Å². The zero-order valence-electron chi connectivity index (χ0n) is 22.7. The van der Waals surface area contributed by atoms with E-state index >= 15 is 0 Å². The summed E-state index contributed by atoms with van der Waals surface area (Å²) in [6.07, 6.45) is 1.60. The maximum Gasteiger partial charge on any atom is 0.331 e. The summed E-state index contributed by atoms with van der Waals surface area (Å²) in [5.41, 5.74) is 0.00526. The third kappa shape index (κ3) is 7.90. The molecule has 0 aliphatic carbocycles. The maximum atomic E-state index is 13.7. The van der Waals surface area contributed by atoms with Crippen molar-refractivity contribution in [3.05, 3.63) is 46.0 Å². The summed E-state index contributed by atoms with van der Waals surface area (Å²) >= 11 is 3.50. The zero-order chi connectivity index (χ0) is 27.3. The van der Waals surface area contributed by atoms with Gasteiger partial charge in [0.15, 0.2) is 0 Å². The van der Waals surface area contributed by atoms with E-state index in [1.165, 1.54) is 6.92 Å². The Kier molecular flexibility index (Phi) is 10.7.